The average Bonchev–Trinajstić information content (AvgIpc) is 2.62. The van der Waals surface area contributed by atoms with E-state index in [4.69, 9.17) is 0 Å². The molecule has 122 valence electrons. The number of hydrogen-bond acceptors (Lipinski definition) is 2. The molecule has 1 atom stereocenters. The monoisotopic (exact) mass is 310 g/mol. The average molecular weight is 310 g/mol. The standard InChI is InChI=1S/C20H26N2O/c1-2-21-16-10-9-15-19(17-11-5-3-6-12-17)22-20(23)18-13-7-4-8-14-18/h3-8,11-14,19,21H,2,9-10,15-16H2,1H3,(H,22,23). The van der Waals surface area contributed by atoms with Gasteiger partial charge in [0, 0.05) is 5.56 Å². The predicted molar refractivity (Wildman–Crippen MR) is 95.5 cm³/mol. The van der Waals surface area contributed by atoms with E-state index in [2.05, 4.69) is 29.7 Å². The maximum Gasteiger partial charge on any atom is 0.251 e. The van der Waals surface area contributed by atoms with E-state index in [0.717, 1.165) is 32.4 Å². The quantitative estimate of drug-likeness (QED) is 0.689. The van der Waals surface area contributed by atoms with Crippen LogP contribution in [0.15, 0.2) is 60.7 Å². The molecule has 0 radical (unpaired) electrons. The maximum atomic E-state index is 12.4. The lowest BCUT2D eigenvalue weighted by molar-refractivity contribution is 0.0934. The highest BCUT2D eigenvalue weighted by molar-refractivity contribution is 5.94. The van der Waals surface area contributed by atoms with E-state index >= 15 is 0 Å². The molecule has 1 amide bonds. The van der Waals surface area contributed by atoms with Crippen LogP contribution >= 0.6 is 0 Å². The zero-order chi connectivity index (χ0) is 16.3. The largest absolute Gasteiger partial charge is 0.345 e. The summed E-state index contributed by atoms with van der Waals surface area (Å²) in [7, 11) is 0. The summed E-state index contributed by atoms with van der Waals surface area (Å²) in [5.41, 5.74) is 1.88. The van der Waals surface area contributed by atoms with E-state index in [1.54, 1.807) is 0 Å². The number of benzene rings is 2. The third kappa shape index (κ3) is 5.87. The number of amides is 1. The summed E-state index contributed by atoms with van der Waals surface area (Å²) < 4.78 is 0. The molecule has 0 saturated carbocycles. The summed E-state index contributed by atoms with van der Waals surface area (Å²) in [6.07, 6.45) is 3.16. The third-order valence-electron chi connectivity index (χ3n) is 3.89. The zero-order valence-corrected chi connectivity index (χ0v) is 13.8. The van der Waals surface area contributed by atoms with Crippen molar-refractivity contribution in [2.45, 2.75) is 32.2 Å². The molecule has 23 heavy (non-hydrogen) atoms. The Bertz CT molecular complexity index is 569. The van der Waals surface area contributed by atoms with Crippen LogP contribution in [-0.2, 0) is 0 Å². The molecule has 0 aliphatic heterocycles. The Labute approximate surface area is 139 Å². The van der Waals surface area contributed by atoms with E-state index < -0.39 is 0 Å². The minimum absolute atomic E-state index is 0.00821. The molecule has 2 N–H and O–H groups in total. The first-order chi connectivity index (χ1) is 11.3. The second kappa shape index (κ2) is 9.80. The molecular weight excluding hydrogens is 284 g/mol. The Morgan fingerprint density at radius 2 is 1.61 bits per heavy atom. The SMILES string of the molecule is CCNCCCCC(NC(=O)c1ccccc1)c1ccccc1. The van der Waals surface area contributed by atoms with Gasteiger partial charge in [-0.15, -0.1) is 0 Å². The van der Waals surface area contributed by atoms with Gasteiger partial charge in [0.05, 0.1) is 6.04 Å². The van der Waals surface area contributed by atoms with Crippen molar-refractivity contribution < 1.29 is 4.79 Å². The topological polar surface area (TPSA) is 41.1 Å². The Morgan fingerprint density at radius 3 is 2.26 bits per heavy atom. The van der Waals surface area contributed by atoms with Crippen molar-refractivity contribution in [2.24, 2.45) is 0 Å². The first-order valence-electron chi connectivity index (χ1n) is 8.43. The van der Waals surface area contributed by atoms with Crippen molar-refractivity contribution in [1.29, 1.82) is 0 Å². The Kier molecular flexibility index (Phi) is 7.34. The molecule has 2 aromatic carbocycles. The molecule has 0 saturated heterocycles. The van der Waals surface area contributed by atoms with Crippen molar-refractivity contribution >= 4 is 5.91 Å². The van der Waals surface area contributed by atoms with Gasteiger partial charge < -0.3 is 10.6 Å². The Balaban J connectivity index is 1.97. The summed E-state index contributed by atoms with van der Waals surface area (Å²) in [5.74, 6) is -0.00821. The van der Waals surface area contributed by atoms with E-state index in [0.29, 0.717) is 5.56 Å². The van der Waals surface area contributed by atoms with Crippen LogP contribution in [0.25, 0.3) is 0 Å². The molecule has 2 aromatic rings. The van der Waals surface area contributed by atoms with Crippen LogP contribution in [0.1, 0.15) is 48.1 Å². The lowest BCUT2D eigenvalue weighted by Gasteiger charge is -2.19. The first kappa shape index (κ1) is 17.2. The highest BCUT2D eigenvalue weighted by Gasteiger charge is 2.15. The molecule has 3 heteroatoms. The summed E-state index contributed by atoms with van der Waals surface area (Å²) in [6, 6.07) is 19.7. The molecule has 0 aliphatic carbocycles. The van der Waals surface area contributed by atoms with Crippen LogP contribution in [0.5, 0.6) is 0 Å². The molecule has 1 unspecified atom stereocenters. The van der Waals surface area contributed by atoms with Crippen LogP contribution in [-0.4, -0.2) is 19.0 Å². The fourth-order valence-corrected chi connectivity index (χ4v) is 2.61. The van der Waals surface area contributed by atoms with Gasteiger partial charge in [0.2, 0.25) is 0 Å². The molecule has 0 aliphatic rings. The lowest BCUT2D eigenvalue weighted by atomic mass is 10.0. The van der Waals surface area contributed by atoms with Crippen molar-refractivity contribution in [3.63, 3.8) is 0 Å². The predicted octanol–water partition coefficient (Wildman–Crippen LogP) is 3.94. The molecule has 3 nitrogen and oxygen atoms in total. The Hall–Kier alpha value is -2.13. The van der Waals surface area contributed by atoms with Crippen molar-refractivity contribution in [1.82, 2.24) is 10.6 Å². The molecule has 0 heterocycles. The van der Waals surface area contributed by atoms with Crippen molar-refractivity contribution in [3.8, 4) is 0 Å². The zero-order valence-electron chi connectivity index (χ0n) is 13.8. The minimum Gasteiger partial charge on any atom is -0.345 e. The van der Waals surface area contributed by atoms with Crippen LogP contribution in [0.4, 0.5) is 0 Å². The van der Waals surface area contributed by atoms with Gasteiger partial charge in [0.25, 0.3) is 5.91 Å². The van der Waals surface area contributed by atoms with E-state index in [9.17, 15) is 4.79 Å². The maximum absolute atomic E-state index is 12.4. The number of rotatable bonds is 9. The second-order valence-electron chi connectivity index (χ2n) is 5.65. The smallest absolute Gasteiger partial charge is 0.251 e. The highest BCUT2D eigenvalue weighted by atomic mass is 16.1. The van der Waals surface area contributed by atoms with E-state index in [-0.39, 0.29) is 11.9 Å². The van der Waals surface area contributed by atoms with Gasteiger partial charge in [-0.2, -0.15) is 0 Å². The minimum atomic E-state index is -0.00821. The summed E-state index contributed by atoms with van der Waals surface area (Å²) in [6.45, 7) is 4.16. The van der Waals surface area contributed by atoms with E-state index in [1.807, 2.05) is 48.5 Å². The van der Waals surface area contributed by atoms with Gasteiger partial charge in [-0.25, -0.2) is 0 Å². The highest BCUT2D eigenvalue weighted by Crippen LogP contribution is 2.20. The third-order valence-corrected chi connectivity index (χ3v) is 3.89. The number of nitrogens with one attached hydrogen (secondary N) is 2. The van der Waals surface area contributed by atoms with Gasteiger partial charge in [-0.3, -0.25) is 4.79 Å². The summed E-state index contributed by atoms with van der Waals surface area (Å²) in [4.78, 5) is 12.4. The fraction of sp³-hybridized carbons (Fsp3) is 0.350. The number of carbonyl (C=O) groups excluding carboxylic acids is 1. The van der Waals surface area contributed by atoms with Crippen LogP contribution in [0.2, 0.25) is 0 Å². The molecule has 0 fully saturated rings. The number of carbonyl (C=O) groups is 1. The Morgan fingerprint density at radius 1 is 0.957 bits per heavy atom. The van der Waals surface area contributed by atoms with Crippen LogP contribution in [0, 0.1) is 0 Å². The normalized spacial score (nSPS) is 11.9. The second-order valence-corrected chi connectivity index (χ2v) is 5.65. The molecule has 2 rings (SSSR count). The van der Waals surface area contributed by atoms with Crippen LogP contribution in [0.3, 0.4) is 0 Å². The van der Waals surface area contributed by atoms with Gasteiger partial charge in [-0.05, 0) is 50.0 Å². The molecule has 0 spiro atoms. The molecule has 0 aromatic heterocycles. The van der Waals surface area contributed by atoms with Crippen LogP contribution < -0.4 is 10.6 Å². The van der Waals surface area contributed by atoms with E-state index in [1.165, 1.54) is 5.56 Å². The van der Waals surface area contributed by atoms with Gasteiger partial charge in [0.15, 0.2) is 0 Å². The first-order valence-corrected chi connectivity index (χ1v) is 8.43. The number of hydrogen-bond donors (Lipinski definition) is 2. The molecular formula is C20H26N2O. The summed E-state index contributed by atoms with van der Waals surface area (Å²) >= 11 is 0. The molecule has 0 bridgehead atoms. The fourth-order valence-electron chi connectivity index (χ4n) is 2.61. The van der Waals surface area contributed by atoms with Gasteiger partial charge in [0.1, 0.15) is 0 Å². The van der Waals surface area contributed by atoms with Gasteiger partial charge >= 0.3 is 0 Å². The van der Waals surface area contributed by atoms with Crippen molar-refractivity contribution in [2.75, 3.05) is 13.1 Å². The lowest BCUT2D eigenvalue weighted by Crippen LogP contribution is -2.28. The summed E-state index contributed by atoms with van der Waals surface area (Å²) in [5, 5.41) is 6.52. The van der Waals surface area contributed by atoms with Gasteiger partial charge in [-0.1, -0.05) is 55.5 Å². The number of unbranched alkanes of at least 4 members (excludes halogenated alkanes) is 1. The van der Waals surface area contributed by atoms with Crippen molar-refractivity contribution in [3.05, 3.63) is 71.8 Å².